The normalized spacial score (nSPS) is 17.1. The molecular formula is C24H32FN3O3S. The van der Waals surface area contributed by atoms with Crippen LogP contribution in [0.5, 0.6) is 0 Å². The minimum atomic E-state index is -3.93. The molecular weight excluding hydrogens is 429 g/mol. The Bertz CT molecular complexity index is 1050. The number of rotatable bonds is 7. The number of hydrazine groups is 1. The lowest BCUT2D eigenvalue weighted by atomic mass is 10.00. The van der Waals surface area contributed by atoms with E-state index >= 15 is 0 Å². The summed E-state index contributed by atoms with van der Waals surface area (Å²) < 4.78 is 48.8. The third-order valence-electron chi connectivity index (χ3n) is 6.14. The van der Waals surface area contributed by atoms with E-state index in [-0.39, 0.29) is 23.0 Å². The van der Waals surface area contributed by atoms with Gasteiger partial charge < -0.3 is 9.75 Å². The molecule has 1 saturated heterocycles. The second-order valence-electron chi connectivity index (χ2n) is 9.13. The van der Waals surface area contributed by atoms with Crippen LogP contribution in [0, 0.1) is 24.6 Å². The Labute approximate surface area is 190 Å². The van der Waals surface area contributed by atoms with Crippen LogP contribution in [-0.2, 0) is 21.3 Å². The predicted molar refractivity (Wildman–Crippen MR) is 125 cm³/mol. The zero-order valence-corrected chi connectivity index (χ0v) is 19.8. The fraction of sp³-hybridized carbons (Fsp3) is 0.500. The van der Waals surface area contributed by atoms with Gasteiger partial charge in [0, 0.05) is 32.8 Å². The highest BCUT2D eigenvalue weighted by atomic mass is 32.2. The molecule has 0 spiro atoms. The van der Waals surface area contributed by atoms with Gasteiger partial charge in [-0.3, -0.25) is 4.31 Å². The fourth-order valence-electron chi connectivity index (χ4n) is 4.45. The smallest absolute Gasteiger partial charge is 0.264 e. The molecule has 0 saturated carbocycles. The number of anilines is 2. The molecule has 0 aromatic heterocycles. The molecule has 0 amide bonds. The first kappa shape index (κ1) is 23.0. The van der Waals surface area contributed by atoms with E-state index in [0.29, 0.717) is 18.0 Å². The fourth-order valence-corrected chi connectivity index (χ4v) is 6.20. The van der Waals surface area contributed by atoms with Crippen LogP contribution in [0.25, 0.3) is 0 Å². The molecule has 1 fully saturated rings. The van der Waals surface area contributed by atoms with E-state index in [4.69, 9.17) is 4.74 Å². The molecule has 6 nitrogen and oxygen atoms in total. The number of nitrogens with one attached hydrogen (secondary N) is 1. The number of ether oxygens (including phenoxy) is 1. The Morgan fingerprint density at radius 1 is 1.22 bits per heavy atom. The largest absolute Gasteiger partial charge is 0.381 e. The summed E-state index contributed by atoms with van der Waals surface area (Å²) in [5.41, 5.74) is 6.05. The summed E-state index contributed by atoms with van der Waals surface area (Å²) in [6.45, 7) is 8.84. The van der Waals surface area contributed by atoms with Gasteiger partial charge in [-0.1, -0.05) is 26.0 Å². The van der Waals surface area contributed by atoms with Crippen molar-refractivity contribution in [3.8, 4) is 0 Å². The summed E-state index contributed by atoms with van der Waals surface area (Å²) in [7, 11) is -3.93. The van der Waals surface area contributed by atoms with Crippen molar-refractivity contribution in [3.63, 3.8) is 0 Å². The lowest BCUT2D eigenvalue weighted by Gasteiger charge is -2.29. The molecule has 4 rings (SSSR count). The predicted octanol–water partition coefficient (Wildman–Crippen LogP) is 4.24. The second kappa shape index (κ2) is 9.37. The van der Waals surface area contributed by atoms with Crippen LogP contribution in [0.15, 0.2) is 41.3 Å². The first-order valence-electron chi connectivity index (χ1n) is 11.3. The highest BCUT2D eigenvalue weighted by Gasteiger charge is 2.31. The zero-order valence-electron chi connectivity index (χ0n) is 19.0. The minimum absolute atomic E-state index is 0.0369. The van der Waals surface area contributed by atoms with Gasteiger partial charge in [0.05, 0.1) is 16.3 Å². The van der Waals surface area contributed by atoms with Gasteiger partial charge in [-0.05, 0) is 67.0 Å². The van der Waals surface area contributed by atoms with E-state index in [0.717, 1.165) is 43.9 Å². The van der Waals surface area contributed by atoms with E-state index in [1.54, 1.807) is 31.2 Å². The van der Waals surface area contributed by atoms with Gasteiger partial charge in [0.25, 0.3) is 10.0 Å². The van der Waals surface area contributed by atoms with E-state index in [2.05, 4.69) is 10.4 Å². The third kappa shape index (κ3) is 4.63. The topological polar surface area (TPSA) is 61.9 Å². The van der Waals surface area contributed by atoms with Crippen LogP contribution < -0.4 is 14.7 Å². The van der Waals surface area contributed by atoms with E-state index < -0.39 is 15.8 Å². The molecule has 174 valence electrons. The van der Waals surface area contributed by atoms with Crippen molar-refractivity contribution in [3.05, 3.63) is 53.3 Å². The lowest BCUT2D eigenvalue weighted by Crippen LogP contribution is -2.38. The molecule has 0 unspecified atom stereocenters. The highest BCUT2D eigenvalue weighted by Crippen LogP contribution is 2.34. The van der Waals surface area contributed by atoms with Gasteiger partial charge in [0.1, 0.15) is 5.82 Å². The van der Waals surface area contributed by atoms with Crippen molar-refractivity contribution in [2.45, 2.75) is 45.1 Å². The van der Waals surface area contributed by atoms with Crippen LogP contribution >= 0.6 is 0 Å². The van der Waals surface area contributed by atoms with Gasteiger partial charge >= 0.3 is 0 Å². The molecule has 0 atom stereocenters. The standard InChI is InChI=1S/C24H32FN3O3S/c1-17(2)15-28(24-18(3)5-4-6-22(24)25)32(29,30)21-7-8-23-20(13-21)14-26-27(23)16-19-9-11-31-12-10-19/h4-8,13,17,19,26H,9-12,14-16H2,1-3H3. The molecule has 2 aliphatic rings. The first-order valence-corrected chi connectivity index (χ1v) is 12.7. The monoisotopic (exact) mass is 461 g/mol. The van der Waals surface area contributed by atoms with Crippen LogP contribution in [0.4, 0.5) is 15.8 Å². The molecule has 2 aromatic carbocycles. The van der Waals surface area contributed by atoms with Gasteiger partial charge in [-0.15, -0.1) is 0 Å². The number of hydrogen-bond acceptors (Lipinski definition) is 5. The van der Waals surface area contributed by atoms with Crippen molar-refractivity contribution >= 4 is 21.4 Å². The van der Waals surface area contributed by atoms with Gasteiger partial charge in [0.15, 0.2) is 0 Å². The summed E-state index contributed by atoms with van der Waals surface area (Å²) in [6.07, 6.45) is 2.07. The molecule has 2 aromatic rings. The Kier molecular flexibility index (Phi) is 6.74. The van der Waals surface area contributed by atoms with Crippen molar-refractivity contribution in [1.29, 1.82) is 0 Å². The number of hydrogen-bond donors (Lipinski definition) is 1. The Morgan fingerprint density at radius 2 is 1.97 bits per heavy atom. The van der Waals surface area contributed by atoms with Crippen molar-refractivity contribution in [1.82, 2.24) is 5.43 Å². The zero-order chi connectivity index (χ0) is 22.9. The number of fused-ring (bicyclic) bond motifs is 1. The molecule has 0 radical (unpaired) electrons. The van der Waals surface area contributed by atoms with Crippen molar-refractivity contribution < 1.29 is 17.5 Å². The maximum atomic E-state index is 14.8. The number of sulfonamides is 1. The molecule has 8 heteroatoms. The number of benzene rings is 2. The number of para-hydroxylation sites is 1. The summed E-state index contributed by atoms with van der Waals surface area (Å²) in [5.74, 6) is 0.0608. The number of nitrogens with zero attached hydrogens (tertiary/aromatic N) is 2. The summed E-state index contributed by atoms with van der Waals surface area (Å²) in [6, 6.07) is 9.88. The Morgan fingerprint density at radius 3 is 2.66 bits per heavy atom. The van der Waals surface area contributed by atoms with Crippen molar-refractivity contribution in [2.24, 2.45) is 11.8 Å². The van der Waals surface area contributed by atoms with E-state index in [1.165, 1.54) is 10.4 Å². The quantitative estimate of drug-likeness (QED) is 0.668. The summed E-state index contributed by atoms with van der Waals surface area (Å²) in [4.78, 5) is 0.189. The second-order valence-corrected chi connectivity index (χ2v) is 11.0. The lowest BCUT2D eigenvalue weighted by molar-refractivity contribution is 0.0677. The van der Waals surface area contributed by atoms with Crippen molar-refractivity contribution in [2.75, 3.05) is 35.6 Å². The number of halogens is 1. The maximum absolute atomic E-state index is 14.8. The molecule has 1 N–H and O–H groups in total. The molecule has 32 heavy (non-hydrogen) atoms. The molecule has 0 bridgehead atoms. The SMILES string of the molecule is Cc1cccc(F)c1N(CC(C)C)S(=O)(=O)c1ccc2c(c1)CNN2CC1CCOCC1. The Balaban J connectivity index is 1.64. The Hall–Kier alpha value is -2.16. The molecule has 0 aliphatic carbocycles. The van der Waals surface area contributed by atoms with Crippen LogP contribution in [0.1, 0.15) is 37.8 Å². The minimum Gasteiger partial charge on any atom is -0.381 e. The van der Waals surface area contributed by atoms with E-state index in [9.17, 15) is 12.8 Å². The van der Waals surface area contributed by atoms with Gasteiger partial charge in [-0.2, -0.15) is 0 Å². The van der Waals surface area contributed by atoms with Crippen LogP contribution in [0.2, 0.25) is 0 Å². The third-order valence-corrected chi connectivity index (χ3v) is 7.90. The summed E-state index contributed by atoms with van der Waals surface area (Å²) >= 11 is 0. The van der Waals surface area contributed by atoms with Gasteiger partial charge in [0.2, 0.25) is 0 Å². The first-order chi connectivity index (χ1) is 15.3. The van der Waals surface area contributed by atoms with Crippen LogP contribution in [0.3, 0.4) is 0 Å². The van der Waals surface area contributed by atoms with Gasteiger partial charge in [-0.25, -0.2) is 18.2 Å². The van der Waals surface area contributed by atoms with E-state index in [1.807, 2.05) is 19.9 Å². The highest BCUT2D eigenvalue weighted by molar-refractivity contribution is 7.92. The molecule has 2 heterocycles. The summed E-state index contributed by atoms with van der Waals surface area (Å²) in [5, 5.41) is 2.12. The molecule has 2 aliphatic heterocycles. The maximum Gasteiger partial charge on any atom is 0.264 e. The average molecular weight is 462 g/mol. The van der Waals surface area contributed by atoms with Crippen LogP contribution in [-0.4, -0.2) is 34.7 Å². The number of aryl methyl sites for hydroxylation is 1. The average Bonchev–Trinajstić information content (AvgIpc) is 3.15.